The Labute approximate surface area is 143 Å². The van der Waals surface area contributed by atoms with Gasteiger partial charge >= 0.3 is 6.18 Å². The van der Waals surface area contributed by atoms with Crippen LogP contribution in [0, 0.1) is 6.92 Å². The average Bonchev–Trinajstić information content (AvgIpc) is 2.54. The number of carbonyl (C=O) groups excluding carboxylic acids is 2. The topological polar surface area (TPSA) is 63.4 Å². The minimum Gasteiger partial charge on any atom is -0.368 e. The van der Waals surface area contributed by atoms with Gasteiger partial charge < -0.3 is 10.6 Å². The molecule has 2 rings (SSSR count). The molecule has 25 heavy (non-hydrogen) atoms. The Morgan fingerprint density at radius 2 is 1.72 bits per heavy atom. The van der Waals surface area contributed by atoms with Crippen LogP contribution in [-0.4, -0.2) is 23.3 Å². The van der Waals surface area contributed by atoms with Gasteiger partial charge in [-0.2, -0.15) is 13.2 Å². The Bertz CT molecular complexity index is 774. The number of halogens is 3. The Morgan fingerprint density at radius 3 is 2.28 bits per heavy atom. The summed E-state index contributed by atoms with van der Waals surface area (Å²) in [6, 6.07) is 11.5. The van der Waals surface area contributed by atoms with E-state index in [-0.39, 0.29) is 13.1 Å². The average molecular weight is 350 g/mol. The quantitative estimate of drug-likeness (QED) is 0.900. The Hall–Kier alpha value is -2.83. The number of nitrogens with two attached hydrogens (primary N) is 1. The van der Waals surface area contributed by atoms with Crippen molar-refractivity contribution >= 4 is 11.8 Å². The maximum absolute atomic E-state index is 12.9. The fraction of sp³-hybridized carbons (Fsp3) is 0.222. The summed E-state index contributed by atoms with van der Waals surface area (Å²) in [5, 5.41) is 0. The van der Waals surface area contributed by atoms with E-state index in [0.29, 0.717) is 16.7 Å². The lowest BCUT2D eigenvalue weighted by molar-refractivity contribution is -0.137. The number of alkyl halides is 3. The lowest BCUT2D eigenvalue weighted by Crippen LogP contribution is -2.38. The van der Waals surface area contributed by atoms with Crippen molar-refractivity contribution < 1.29 is 22.8 Å². The smallest absolute Gasteiger partial charge is 0.368 e. The van der Waals surface area contributed by atoms with Crippen LogP contribution in [0.3, 0.4) is 0 Å². The molecule has 0 aliphatic carbocycles. The van der Waals surface area contributed by atoms with Gasteiger partial charge in [0.05, 0.1) is 12.1 Å². The maximum Gasteiger partial charge on any atom is 0.416 e. The van der Waals surface area contributed by atoms with Crippen LogP contribution in [0.5, 0.6) is 0 Å². The van der Waals surface area contributed by atoms with Gasteiger partial charge in [-0.05, 0) is 42.3 Å². The molecule has 0 aliphatic rings. The molecule has 2 aromatic carbocycles. The van der Waals surface area contributed by atoms with E-state index >= 15 is 0 Å². The third kappa shape index (κ3) is 4.82. The van der Waals surface area contributed by atoms with E-state index in [2.05, 4.69) is 0 Å². The van der Waals surface area contributed by atoms with E-state index in [1.165, 1.54) is 6.07 Å². The molecular formula is C18H17F3N2O2. The zero-order chi connectivity index (χ0) is 18.6. The minimum atomic E-state index is -4.49. The molecule has 0 heterocycles. The summed E-state index contributed by atoms with van der Waals surface area (Å²) in [5.74, 6) is -1.22. The first-order valence-corrected chi connectivity index (χ1v) is 7.48. The molecule has 0 spiro atoms. The Morgan fingerprint density at radius 1 is 1.08 bits per heavy atom. The monoisotopic (exact) mass is 350 g/mol. The summed E-state index contributed by atoms with van der Waals surface area (Å²) in [4.78, 5) is 25.0. The first-order valence-electron chi connectivity index (χ1n) is 7.48. The van der Waals surface area contributed by atoms with Crippen LogP contribution in [0.4, 0.5) is 13.2 Å². The van der Waals surface area contributed by atoms with Crippen molar-refractivity contribution in [2.75, 3.05) is 6.54 Å². The number of hydrogen-bond acceptors (Lipinski definition) is 2. The van der Waals surface area contributed by atoms with Crippen molar-refractivity contribution in [2.45, 2.75) is 19.6 Å². The van der Waals surface area contributed by atoms with Crippen molar-refractivity contribution in [1.82, 2.24) is 4.90 Å². The van der Waals surface area contributed by atoms with E-state index in [1.807, 2.05) is 0 Å². The van der Waals surface area contributed by atoms with Crippen LogP contribution in [0.25, 0.3) is 0 Å². The van der Waals surface area contributed by atoms with E-state index < -0.39 is 23.6 Å². The van der Waals surface area contributed by atoms with Gasteiger partial charge in [0.15, 0.2) is 0 Å². The van der Waals surface area contributed by atoms with Crippen LogP contribution in [-0.2, 0) is 17.5 Å². The summed E-state index contributed by atoms with van der Waals surface area (Å²) < 4.78 is 38.7. The number of rotatable bonds is 5. The molecule has 0 aliphatic heterocycles. The number of carbonyl (C=O) groups is 2. The zero-order valence-corrected chi connectivity index (χ0v) is 13.5. The van der Waals surface area contributed by atoms with Crippen LogP contribution < -0.4 is 5.73 Å². The van der Waals surface area contributed by atoms with E-state index in [1.54, 1.807) is 37.3 Å². The lowest BCUT2D eigenvalue weighted by Gasteiger charge is -2.23. The van der Waals surface area contributed by atoms with Crippen molar-refractivity contribution in [1.29, 1.82) is 0 Å². The number of hydrogen-bond donors (Lipinski definition) is 1. The van der Waals surface area contributed by atoms with Gasteiger partial charge in [-0.1, -0.05) is 24.3 Å². The molecule has 0 unspecified atom stereocenters. The highest BCUT2D eigenvalue weighted by Gasteiger charge is 2.31. The van der Waals surface area contributed by atoms with Crippen LogP contribution in [0.1, 0.15) is 27.0 Å². The highest BCUT2D eigenvalue weighted by atomic mass is 19.4. The zero-order valence-electron chi connectivity index (χ0n) is 13.5. The maximum atomic E-state index is 12.9. The molecule has 2 aromatic rings. The molecule has 0 aromatic heterocycles. The van der Waals surface area contributed by atoms with E-state index in [9.17, 15) is 22.8 Å². The second-order valence-electron chi connectivity index (χ2n) is 5.63. The number of benzene rings is 2. The van der Waals surface area contributed by atoms with Crippen LogP contribution >= 0.6 is 0 Å². The predicted octanol–water partition coefficient (Wildman–Crippen LogP) is 3.14. The van der Waals surface area contributed by atoms with Crippen LogP contribution in [0.2, 0.25) is 0 Å². The van der Waals surface area contributed by atoms with Crippen molar-refractivity contribution in [2.24, 2.45) is 5.73 Å². The molecule has 2 amide bonds. The third-order valence-electron chi connectivity index (χ3n) is 3.69. The summed E-state index contributed by atoms with van der Waals surface area (Å²) in [6.45, 7) is 1.11. The molecule has 0 fully saturated rings. The van der Waals surface area contributed by atoms with Crippen LogP contribution in [0.15, 0.2) is 48.5 Å². The normalized spacial score (nSPS) is 11.2. The van der Waals surface area contributed by atoms with Gasteiger partial charge in [-0.15, -0.1) is 0 Å². The minimum absolute atomic E-state index is 0.146. The SMILES string of the molecule is Cc1ccc(C(F)(F)F)cc1CN(CC(N)=O)C(=O)c1ccccc1. The molecule has 0 saturated carbocycles. The van der Waals surface area contributed by atoms with Gasteiger partial charge in [-0.25, -0.2) is 0 Å². The molecule has 132 valence electrons. The molecule has 7 heteroatoms. The first kappa shape index (κ1) is 18.5. The third-order valence-corrected chi connectivity index (χ3v) is 3.69. The van der Waals surface area contributed by atoms with Crippen molar-refractivity contribution in [3.8, 4) is 0 Å². The number of primary amides is 1. The first-order chi connectivity index (χ1) is 11.7. The molecule has 0 bridgehead atoms. The largest absolute Gasteiger partial charge is 0.416 e. The van der Waals surface area contributed by atoms with Crippen molar-refractivity contribution in [3.05, 3.63) is 70.8 Å². The molecule has 0 radical (unpaired) electrons. The number of amides is 2. The van der Waals surface area contributed by atoms with E-state index in [4.69, 9.17) is 5.73 Å². The predicted molar refractivity (Wildman–Crippen MR) is 86.6 cm³/mol. The van der Waals surface area contributed by atoms with Gasteiger partial charge in [0.2, 0.25) is 5.91 Å². The standard InChI is InChI=1S/C18H17F3N2O2/c1-12-7-8-15(18(19,20)21)9-14(12)10-23(11-16(22)24)17(25)13-5-3-2-4-6-13/h2-9H,10-11H2,1H3,(H2,22,24). The van der Waals surface area contributed by atoms with E-state index in [0.717, 1.165) is 17.0 Å². The Balaban J connectivity index is 2.34. The molecule has 4 nitrogen and oxygen atoms in total. The Kier molecular flexibility index (Phi) is 5.46. The van der Waals surface area contributed by atoms with Gasteiger partial charge in [0.1, 0.15) is 0 Å². The molecule has 0 saturated heterocycles. The van der Waals surface area contributed by atoms with Gasteiger partial charge in [0.25, 0.3) is 5.91 Å². The highest BCUT2D eigenvalue weighted by molar-refractivity contribution is 5.96. The fourth-order valence-corrected chi connectivity index (χ4v) is 2.37. The second-order valence-corrected chi connectivity index (χ2v) is 5.63. The summed E-state index contributed by atoms with van der Waals surface area (Å²) in [7, 11) is 0. The lowest BCUT2D eigenvalue weighted by atomic mass is 10.0. The molecule has 2 N–H and O–H groups in total. The summed E-state index contributed by atoms with van der Waals surface area (Å²) in [5.41, 5.74) is 5.60. The molecular weight excluding hydrogens is 333 g/mol. The molecule has 0 atom stereocenters. The summed E-state index contributed by atoms with van der Waals surface area (Å²) in [6.07, 6.45) is -4.49. The van der Waals surface area contributed by atoms with Gasteiger partial charge in [0, 0.05) is 12.1 Å². The second kappa shape index (κ2) is 7.38. The highest BCUT2D eigenvalue weighted by Crippen LogP contribution is 2.31. The van der Waals surface area contributed by atoms with Crippen molar-refractivity contribution in [3.63, 3.8) is 0 Å². The number of nitrogens with zero attached hydrogens (tertiary/aromatic N) is 1. The summed E-state index contributed by atoms with van der Waals surface area (Å²) >= 11 is 0. The number of aryl methyl sites for hydroxylation is 1. The van der Waals surface area contributed by atoms with Gasteiger partial charge in [-0.3, -0.25) is 9.59 Å². The fourth-order valence-electron chi connectivity index (χ4n) is 2.37.